The van der Waals surface area contributed by atoms with Crippen molar-refractivity contribution in [3.8, 4) is 0 Å². The highest BCUT2D eigenvalue weighted by Crippen LogP contribution is 2.31. The van der Waals surface area contributed by atoms with E-state index in [0.29, 0.717) is 11.6 Å². The van der Waals surface area contributed by atoms with Gasteiger partial charge in [-0.25, -0.2) is 14.8 Å². The van der Waals surface area contributed by atoms with Crippen molar-refractivity contribution >= 4 is 50.8 Å². The molecule has 120 valence electrons. The number of aromatic nitrogens is 2. The molecule has 1 amide bonds. The van der Waals surface area contributed by atoms with Gasteiger partial charge in [0.15, 0.2) is 5.15 Å². The van der Waals surface area contributed by atoms with Crippen LogP contribution in [0.15, 0.2) is 6.07 Å². The standard InChI is InChI=1S/C14H17Cl2N3O2S/c1-7(17-13(20)21-14(2,3)4)5-8-6-9-10(22-8)11(15)19-12(16)18-9/h6-7H,5H2,1-4H3,(H,17,20)/t7-/m0/s1. The summed E-state index contributed by atoms with van der Waals surface area (Å²) >= 11 is 13.3. The average Bonchev–Trinajstić information content (AvgIpc) is 2.68. The molecule has 2 rings (SSSR count). The lowest BCUT2D eigenvalue weighted by atomic mass is 10.2. The van der Waals surface area contributed by atoms with Crippen LogP contribution in [0.5, 0.6) is 0 Å². The first-order chi connectivity index (χ1) is 10.1. The minimum atomic E-state index is -0.513. The van der Waals surface area contributed by atoms with E-state index in [1.54, 1.807) is 0 Å². The van der Waals surface area contributed by atoms with Gasteiger partial charge in [0.25, 0.3) is 0 Å². The van der Waals surface area contributed by atoms with Crippen molar-refractivity contribution < 1.29 is 9.53 Å². The molecule has 5 nitrogen and oxygen atoms in total. The highest BCUT2D eigenvalue weighted by atomic mass is 35.5. The van der Waals surface area contributed by atoms with E-state index in [-0.39, 0.29) is 11.3 Å². The zero-order valence-corrected chi connectivity index (χ0v) is 15.1. The van der Waals surface area contributed by atoms with Gasteiger partial charge in [-0.15, -0.1) is 11.3 Å². The van der Waals surface area contributed by atoms with E-state index in [2.05, 4.69) is 15.3 Å². The Morgan fingerprint density at radius 3 is 2.73 bits per heavy atom. The number of nitrogens with zero attached hydrogens (tertiary/aromatic N) is 2. The van der Waals surface area contributed by atoms with Crippen molar-refractivity contribution in [2.75, 3.05) is 0 Å². The van der Waals surface area contributed by atoms with E-state index in [1.807, 2.05) is 33.8 Å². The fourth-order valence-corrected chi connectivity index (χ4v) is 3.50. The van der Waals surface area contributed by atoms with Gasteiger partial charge in [-0.1, -0.05) is 11.6 Å². The van der Waals surface area contributed by atoms with Gasteiger partial charge < -0.3 is 10.1 Å². The smallest absolute Gasteiger partial charge is 0.407 e. The Bertz CT molecular complexity index is 697. The highest BCUT2D eigenvalue weighted by Gasteiger charge is 2.18. The first-order valence-electron chi connectivity index (χ1n) is 6.75. The number of carbonyl (C=O) groups excluding carboxylic acids is 1. The molecule has 0 aliphatic carbocycles. The van der Waals surface area contributed by atoms with Crippen LogP contribution in [0.1, 0.15) is 32.6 Å². The number of rotatable bonds is 3. The minimum absolute atomic E-state index is 0.0786. The highest BCUT2D eigenvalue weighted by molar-refractivity contribution is 7.19. The summed E-state index contributed by atoms with van der Waals surface area (Å²) in [4.78, 5) is 20.8. The van der Waals surface area contributed by atoms with E-state index in [1.165, 1.54) is 11.3 Å². The number of hydrogen-bond acceptors (Lipinski definition) is 5. The van der Waals surface area contributed by atoms with Gasteiger partial charge in [0.2, 0.25) is 5.28 Å². The molecular formula is C14H17Cl2N3O2S. The van der Waals surface area contributed by atoms with Crippen LogP contribution in [-0.4, -0.2) is 27.7 Å². The molecule has 0 saturated heterocycles. The summed E-state index contributed by atoms with van der Waals surface area (Å²) in [6, 6.07) is 1.83. The molecule has 1 atom stereocenters. The molecule has 2 aromatic rings. The third-order valence-corrected chi connectivity index (χ3v) is 4.33. The fourth-order valence-electron chi connectivity index (χ4n) is 1.88. The van der Waals surface area contributed by atoms with E-state index in [4.69, 9.17) is 27.9 Å². The summed E-state index contributed by atoms with van der Waals surface area (Å²) in [7, 11) is 0. The van der Waals surface area contributed by atoms with E-state index < -0.39 is 11.7 Å². The summed E-state index contributed by atoms with van der Waals surface area (Å²) < 4.78 is 6.03. The van der Waals surface area contributed by atoms with Crippen LogP contribution in [0.4, 0.5) is 4.79 Å². The lowest BCUT2D eigenvalue weighted by molar-refractivity contribution is 0.0509. The van der Waals surface area contributed by atoms with Crippen LogP contribution < -0.4 is 5.32 Å². The van der Waals surface area contributed by atoms with Gasteiger partial charge in [0, 0.05) is 17.3 Å². The van der Waals surface area contributed by atoms with Gasteiger partial charge in [-0.2, -0.15) is 0 Å². The fraction of sp³-hybridized carbons (Fsp3) is 0.500. The van der Waals surface area contributed by atoms with Gasteiger partial charge in [-0.05, 0) is 45.4 Å². The van der Waals surface area contributed by atoms with Gasteiger partial charge in [0.1, 0.15) is 5.60 Å². The summed E-state index contributed by atoms with van der Waals surface area (Å²) in [6.45, 7) is 7.39. The molecule has 2 aromatic heterocycles. The SMILES string of the molecule is C[C@@H](Cc1cc2nc(Cl)nc(Cl)c2s1)NC(=O)OC(C)(C)C. The third kappa shape index (κ3) is 4.69. The Morgan fingerprint density at radius 1 is 1.41 bits per heavy atom. The minimum Gasteiger partial charge on any atom is -0.444 e. The first kappa shape index (κ1) is 17.2. The second-order valence-corrected chi connectivity index (χ2v) is 7.79. The number of ether oxygens (including phenoxy) is 1. The number of fused-ring (bicyclic) bond motifs is 1. The van der Waals surface area contributed by atoms with Crippen molar-refractivity contribution in [3.05, 3.63) is 21.4 Å². The van der Waals surface area contributed by atoms with Crippen LogP contribution in [0.2, 0.25) is 10.4 Å². The zero-order valence-electron chi connectivity index (χ0n) is 12.7. The molecule has 0 aromatic carbocycles. The number of nitrogens with one attached hydrogen (secondary N) is 1. The molecule has 1 N–H and O–H groups in total. The van der Waals surface area contributed by atoms with Crippen molar-refractivity contribution in [2.45, 2.75) is 45.8 Å². The predicted molar refractivity (Wildman–Crippen MR) is 90.0 cm³/mol. The van der Waals surface area contributed by atoms with Crippen molar-refractivity contribution in [2.24, 2.45) is 0 Å². The molecule has 0 radical (unpaired) electrons. The van der Waals surface area contributed by atoms with Crippen LogP contribution in [-0.2, 0) is 11.2 Å². The topological polar surface area (TPSA) is 64.1 Å². The maximum atomic E-state index is 11.7. The Kier molecular flexibility index (Phi) is 5.14. The molecular weight excluding hydrogens is 345 g/mol. The third-order valence-electron chi connectivity index (χ3n) is 2.62. The number of halogens is 2. The molecule has 0 aliphatic rings. The van der Waals surface area contributed by atoms with Crippen molar-refractivity contribution in [3.63, 3.8) is 0 Å². The Morgan fingerprint density at radius 2 is 2.09 bits per heavy atom. The van der Waals surface area contributed by atoms with Gasteiger partial charge >= 0.3 is 6.09 Å². The van der Waals surface area contributed by atoms with E-state index in [0.717, 1.165) is 15.1 Å². The molecule has 0 aliphatic heterocycles. The molecule has 0 spiro atoms. The first-order valence-corrected chi connectivity index (χ1v) is 8.32. The lowest BCUT2D eigenvalue weighted by Crippen LogP contribution is -2.38. The van der Waals surface area contributed by atoms with Crippen molar-refractivity contribution in [1.82, 2.24) is 15.3 Å². The molecule has 22 heavy (non-hydrogen) atoms. The maximum Gasteiger partial charge on any atom is 0.407 e. The maximum absolute atomic E-state index is 11.7. The number of thiophene rings is 1. The second kappa shape index (κ2) is 6.56. The molecule has 2 heterocycles. The van der Waals surface area contributed by atoms with Crippen LogP contribution in [0, 0.1) is 0 Å². The summed E-state index contributed by atoms with van der Waals surface area (Å²) in [5.41, 5.74) is 0.204. The quantitative estimate of drug-likeness (QED) is 0.647. The number of hydrogen-bond donors (Lipinski definition) is 1. The Balaban J connectivity index is 2.04. The van der Waals surface area contributed by atoms with E-state index >= 15 is 0 Å². The van der Waals surface area contributed by atoms with Crippen LogP contribution >= 0.6 is 34.5 Å². The number of alkyl carbamates (subject to hydrolysis) is 1. The molecule has 8 heteroatoms. The summed E-state index contributed by atoms with van der Waals surface area (Å²) in [5.74, 6) is 0. The lowest BCUT2D eigenvalue weighted by Gasteiger charge is -2.21. The molecule has 0 fully saturated rings. The van der Waals surface area contributed by atoms with Crippen molar-refractivity contribution in [1.29, 1.82) is 0 Å². The second-order valence-electron chi connectivity index (χ2n) is 5.96. The largest absolute Gasteiger partial charge is 0.444 e. The van der Waals surface area contributed by atoms with Gasteiger partial charge in [-0.3, -0.25) is 0 Å². The predicted octanol–water partition coefficient (Wildman–Crippen LogP) is 4.45. The molecule has 0 saturated carbocycles. The molecule has 0 bridgehead atoms. The van der Waals surface area contributed by atoms with E-state index in [9.17, 15) is 4.79 Å². The molecule has 0 unspecified atom stereocenters. The normalized spacial score (nSPS) is 13.2. The Labute approximate surface area is 143 Å². The van der Waals surface area contributed by atoms with Crippen LogP contribution in [0.3, 0.4) is 0 Å². The van der Waals surface area contributed by atoms with Gasteiger partial charge in [0.05, 0.1) is 10.2 Å². The number of amides is 1. The summed E-state index contributed by atoms with van der Waals surface area (Å²) in [6.07, 6.45) is 0.218. The zero-order chi connectivity index (χ0) is 16.5. The monoisotopic (exact) mass is 361 g/mol. The van der Waals surface area contributed by atoms with Crippen LogP contribution in [0.25, 0.3) is 10.2 Å². The number of carbonyl (C=O) groups is 1. The average molecular weight is 362 g/mol. The Hall–Kier alpha value is -1.11. The summed E-state index contributed by atoms with van der Waals surface area (Å²) in [5, 5.41) is 3.28.